The molecular weight excluding hydrogens is 444 g/mol. The van der Waals surface area contributed by atoms with E-state index >= 15 is 0 Å². The molecule has 2 rings (SSSR count). The Kier molecular flexibility index (Phi) is 16.6. The molecule has 1 N–H and O–H groups in total. The number of hydrogen-bond donors (Lipinski definition) is 1. The molecule has 0 saturated heterocycles. The first-order valence-corrected chi connectivity index (χ1v) is 10.9. The van der Waals surface area contributed by atoms with Crippen molar-refractivity contribution in [3.63, 3.8) is 0 Å². The van der Waals surface area contributed by atoms with Crippen LogP contribution < -0.4 is 10.1 Å². The first-order valence-electron chi connectivity index (χ1n) is 10.9. The van der Waals surface area contributed by atoms with Gasteiger partial charge in [-0.25, -0.2) is 9.59 Å². The summed E-state index contributed by atoms with van der Waals surface area (Å²) < 4.78 is 9.68. The molecule has 0 aliphatic rings. The fraction of sp³-hybridized carbons (Fsp3) is 0.214. The van der Waals surface area contributed by atoms with Gasteiger partial charge < -0.3 is 14.8 Å². The normalized spacial score (nSPS) is 8.83. The Bertz CT molecular complexity index is 1020. The summed E-state index contributed by atoms with van der Waals surface area (Å²) in [4.78, 5) is 32.8. The van der Waals surface area contributed by atoms with Crippen LogP contribution in [-0.4, -0.2) is 24.5 Å². The Morgan fingerprint density at radius 2 is 1.77 bits per heavy atom. The van der Waals surface area contributed by atoms with Crippen LogP contribution in [0.4, 0.5) is 5.69 Å². The van der Waals surface area contributed by atoms with Crippen LogP contribution >= 0.6 is 0 Å². The molecule has 0 radical (unpaired) electrons. The number of nitrogens with one attached hydrogen (secondary N) is 1. The van der Waals surface area contributed by atoms with Crippen molar-refractivity contribution in [2.75, 3.05) is 11.9 Å². The second-order valence-corrected chi connectivity index (χ2v) is 6.92. The van der Waals surface area contributed by atoms with Crippen LogP contribution in [0.15, 0.2) is 86.0 Å². The molecule has 184 valence electrons. The third-order valence-corrected chi connectivity index (χ3v) is 3.86. The number of ether oxygens (including phenoxy) is 2. The maximum atomic E-state index is 11.3. The summed E-state index contributed by atoms with van der Waals surface area (Å²) >= 11 is 0. The van der Waals surface area contributed by atoms with Crippen molar-refractivity contribution in [1.82, 2.24) is 0 Å². The maximum Gasteiger partial charge on any atom is 0.338 e. The first-order chi connectivity index (χ1) is 16.8. The Balaban J connectivity index is 0.000000565. The van der Waals surface area contributed by atoms with Gasteiger partial charge in [-0.15, -0.1) is 0 Å². The van der Waals surface area contributed by atoms with Gasteiger partial charge in [-0.1, -0.05) is 75.6 Å². The highest BCUT2D eigenvalue weighted by molar-refractivity contribution is 5.92. The molecule has 0 bridgehead atoms. The zero-order valence-corrected chi connectivity index (χ0v) is 20.3. The molecule has 7 heteroatoms. The van der Waals surface area contributed by atoms with Crippen molar-refractivity contribution in [3.8, 4) is 11.8 Å². The van der Waals surface area contributed by atoms with Crippen molar-refractivity contribution in [2.45, 2.75) is 33.1 Å². The lowest BCUT2D eigenvalue weighted by atomic mass is 10.2. The number of carbonyl (C=O) groups excluding carboxylic acids is 3. The number of esters is 2. The van der Waals surface area contributed by atoms with Gasteiger partial charge in [0.1, 0.15) is 12.2 Å². The van der Waals surface area contributed by atoms with Gasteiger partial charge in [0, 0.05) is 23.4 Å². The summed E-state index contributed by atoms with van der Waals surface area (Å²) in [6, 6.07) is 18.1. The lowest BCUT2D eigenvalue weighted by molar-refractivity contribution is -0.137. The summed E-state index contributed by atoms with van der Waals surface area (Å²) in [5, 5.41) is 10.9. The topological polar surface area (TPSA) is 105 Å². The predicted octanol–water partition coefficient (Wildman–Crippen LogP) is 5.87. The molecule has 0 saturated carbocycles. The second-order valence-electron chi connectivity index (χ2n) is 6.92. The average Bonchev–Trinajstić information content (AvgIpc) is 2.85. The van der Waals surface area contributed by atoms with E-state index in [-0.39, 0.29) is 18.0 Å². The summed E-state index contributed by atoms with van der Waals surface area (Å²) in [5.74, 6) is -0.974. The number of anilines is 1. The van der Waals surface area contributed by atoms with Gasteiger partial charge in [-0.3, -0.25) is 4.79 Å². The van der Waals surface area contributed by atoms with Crippen LogP contribution in [0.2, 0.25) is 0 Å². The van der Waals surface area contributed by atoms with Crippen molar-refractivity contribution >= 4 is 29.6 Å². The van der Waals surface area contributed by atoms with Crippen molar-refractivity contribution in [2.24, 2.45) is 0 Å². The third-order valence-electron chi connectivity index (χ3n) is 3.86. The molecular formula is C28H32N2O5. The smallest absolute Gasteiger partial charge is 0.338 e. The van der Waals surface area contributed by atoms with Gasteiger partial charge in [-0.2, -0.15) is 5.26 Å². The highest BCUT2D eigenvalue weighted by atomic mass is 16.5. The van der Waals surface area contributed by atoms with Crippen LogP contribution in [-0.2, 0) is 19.1 Å². The van der Waals surface area contributed by atoms with Crippen LogP contribution in [0.5, 0.6) is 5.75 Å². The molecule has 0 heterocycles. The highest BCUT2D eigenvalue weighted by Crippen LogP contribution is 2.18. The molecule has 0 aromatic heterocycles. The Morgan fingerprint density at radius 3 is 2.29 bits per heavy atom. The summed E-state index contributed by atoms with van der Waals surface area (Å²) in [6.45, 7) is 14.5. The molecule has 0 aliphatic carbocycles. The van der Waals surface area contributed by atoms with Gasteiger partial charge in [0.05, 0.1) is 12.7 Å². The second kappa shape index (κ2) is 19.1. The maximum absolute atomic E-state index is 11.3. The molecule has 1 amide bonds. The van der Waals surface area contributed by atoms with Gasteiger partial charge in [-0.05, 0) is 31.0 Å². The molecule has 0 spiro atoms. The van der Waals surface area contributed by atoms with E-state index < -0.39 is 11.9 Å². The molecule has 2 aromatic carbocycles. The van der Waals surface area contributed by atoms with Gasteiger partial charge in [0.2, 0.25) is 5.91 Å². The van der Waals surface area contributed by atoms with Crippen molar-refractivity contribution in [3.05, 3.63) is 91.5 Å². The van der Waals surface area contributed by atoms with Gasteiger partial charge >= 0.3 is 11.9 Å². The number of nitriles is 1. The SMILES string of the molecule is C=C(C)C(=O)Oc1cccc(NC(=O)CC#N)c1.C=CC(=O)OCCCC.C=Cc1ccccc1. The van der Waals surface area contributed by atoms with E-state index in [0.29, 0.717) is 18.0 Å². The van der Waals surface area contributed by atoms with E-state index in [2.05, 4.69) is 29.8 Å². The molecule has 2 aromatic rings. The van der Waals surface area contributed by atoms with E-state index in [1.165, 1.54) is 17.7 Å². The minimum Gasteiger partial charge on any atom is -0.463 e. The first kappa shape index (κ1) is 30.6. The lowest BCUT2D eigenvalue weighted by Crippen LogP contribution is -2.11. The number of carbonyl (C=O) groups is 3. The Hall–Kier alpha value is -4.44. The fourth-order valence-electron chi connectivity index (χ4n) is 2.07. The number of hydrogen-bond acceptors (Lipinski definition) is 6. The summed E-state index contributed by atoms with van der Waals surface area (Å²) in [5.41, 5.74) is 1.92. The van der Waals surface area contributed by atoms with Crippen LogP contribution in [0.1, 0.15) is 38.7 Å². The molecule has 0 aliphatic heterocycles. The molecule has 0 unspecified atom stereocenters. The monoisotopic (exact) mass is 476 g/mol. The third kappa shape index (κ3) is 15.9. The average molecular weight is 477 g/mol. The van der Waals surface area contributed by atoms with Crippen LogP contribution in [0, 0.1) is 11.3 Å². The van der Waals surface area contributed by atoms with E-state index in [1.807, 2.05) is 43.3 Å². The van der Waals surface area contributed by atoms with E-state index in [4.69, 9.17) is 10.00 Å². The predicted molar refractivity (Wildman–Crippen MR) is 138 cm³/mol. The summed E-state index contributed by atoms with van der Waals surface area (Å²) in [6.07, 6.45) is 4.76. The van der Waals surface area contributed by atoms with Crippen LogP contribution in [0.25, 0.3) is 6.08 Å². The van der Waals surface area contributed by atoms with Gasteiger partial charge in [0.15, 0.2) is 0 Å². The molecule has 7 nitrogen and oxygen atoms in total. The standard InChI is InChI=1S/C13H12N2O3.C8H8.C7H12O2/c1-9(2)13(17)18-11-5-3-4-10(8-11)15-12(16)6-7-14;1-2-8-6-4-3-5-7-8;1-3-5-6-9-7(8)4-2/h3-5,8H,1,6H2,2H3,(H,15,16);2-7H,1H2;4H,2-3,5-6H2,1H3. The minimum atomic E-state index is -0.532. The Labute approximate surface area is 207 Å². The molecule has 0 atom stereocenters. The van der Waals surface area contributed by atoms with Gasteiger partial charge in [0.25, 0.3) is 0 Å². The highest BCUT2D eigenvalue weighted by Gasteiger charge is 2.07. The number of amides is 1. The fourth-order valence-corrected chi connectivity index (χ4v) is 2.07. The summed E-state index contributed by atoms with van der Waals surface area (Å²) in [7, 11) is 0. The molecule has 35 heavy (non-hydrogen) atoms. The number of nitrogens with zero attached hydrogens (tertiary/aromatic N) is 1. The molecule has 0 fully saturated rings. The quantitative estimate of drug-likeness (QED) is 0.210. The zero-order valence-electron chi connectivity index (χ0n) is 20.3. The van der Waals surface area contributed by atoms with Crippen molar-refractivity contribution in [1.29, 1.82) is 5.26 Å². The van der Waals surface area contributed by atoms with E-state index in [1.54, 1.807) is 31.2 Å². The lowest BCUT2D eigenvalue weighted by Gasteiger charge is -2.06. The Morgan fingerprint density at radius 1 is 1.09 bits per heavy atom. The van der Waals surface area contributed by atoms with Crippen molar-refractivity contribution < 1.29 is 23.9 Å². The zero-order chi connectivity index (χ0) is 26.5. The van der Waals surface area contributed by atoms with E-state index in [0.717, 1.165) is 12.8 Å². The largest absolute Gasteiger partial charge is 0.463 e. The number of benzene rings is 2. The number of rotatable bonds is 9. The minimum absolute atomic E-state index is 0.226. The number of unbranched alkanes of at least 4 members (excludes halogenated alkanes) is 1. The van der Waals surface area contributed by atoms with E-state index in [9.17, 15) is 14.4 Å². The van der Waals surface area contributed by atoms with Crippen LogP contribution in [0.3, 0.4) is 0 Å².